The van der Waals surface area contributed by atoms with Crippen molar-refractivity contribution in [3.05, 3.63) is 40.8 Å². The Bertz CT molecular complexity index is 858. The summed E-state index contributed by atoms with van der Waals surface area (Å²) in [7, 11) is 1.24. The highest BCUT2D eigenvalue weighted by molar-refractivity contribution is 5.93. The lowest BCUT2D eigenvalue weighted by Crippen LogP contribution is -2.40. The van der Waals surface area contributed by atoms with Crippen molar-refractivity contribution >= 4 is 28.6 Å². The number of carbonyl (C=O) groups excluding carboxylic acids is 2. The number of methoxy groups -OCH3 is 1. The molecule has 7 heteroatoms. The van der Waals surface area contributed by atoms with Crippen LogP contribution in [0.15, 0.2) is 39.5 Å². The van der Waals surface area contributed by atoms with Crippen molar-refractivity contribution in [2.24, 2.45) is 0 Å². The van der Waals surface area contributed by atoms with Crippen LogP contribution in [0.3, 0.4) is 0 Å². The lowest BCUT2D eigenvalue weighted by molar-refractivity contribution is -0.165. The highest BCUT2D eigenvalue weighted by Crippen LogP contribution is 2.31. The zero-order chi connectivity index (χ0) is 18.0. The van der Waals surface area contributed by atoms with E-state index in [2.05, 4.69) is 4.74 Å². The first-order chi connectivity index (χ1) is 12.0. The minimum atomic E-state index is -0.975. The van der Waals surface area contributed by atoms with Gasteiger partial charge in [-0.25, -0.2) is 14.4 Å². The number of benzene rings is 1. The topological polar surface area (TPSA) is 86.0 Å². The fourth-order valence-corrected chi connectivity index (χ4v) is 3.10. The first kappa shape index (κ1) is 17.0. The Hall–Kier alpha value is -2.83. The predicted octanol–water partition coefficient (Wildman–Crippen LogP) is 1.87. The molecule has 1 saturated heterocycles. The molecule has 2 heterocycles. The highest BCUT2D eigenvalue weighted by atomic mass is 16.6. The number of fused-ring (bicyclic) bond motifs is 1. The van der Waals surface area contributed by atoms with Crippen LogP contribution in [-0.2, 0) is 19.1 Å². The summed E-state index contributed by atoms with van der Waals surface area (Å²) in [4.78, 5) is 37.7. The quantitative estimate of drug-likeness (QED) is 0.617. The molecule has 3 rings (SSSR count). The molecule has 0 saturated carbocycles. The van der Waals surface area contributed by atoms with Gasteiger partial charge >= 0.3 is 17.6 Å². The maximum atomic E-state index is 12.5. The van der Waals surface area contributed by atoms with E-state index in [9.17, 15) is 14.4 Å². The van der Waals surface area contributed by atoms with Gasteiger partial charge in [0.25, 0.3) is 0 Å². The number of carbonyl (C=O) groups is 2. The number of nitrogens with zero attached hydrogens (tertiary/aromatic N) is 1. The zero-order valence-corrected chi connectivity index (χ0v) is 14.1. The minimum absolute atomic E-state index is 0.465. The van der Waals surface area contributed by atoms with Gasteiger partial charge in [0.15, 0.2) is 6.10 Å². The Kier molecular flexibility index (Phi) is 4.74. The molecule has 1 aromatic heterocycles. The zero-order valence-electron chi connectivity index (χ0n) is 14.1. The first-order valence-electron chi connectivity index (χ1n) is 8.09. The van der Waals surface area contributed by atoms with E-state index in [1.54, 1.807) is 12.1 Å². The van der Waals surface area contributed by atoms with Crippen molar-refractivity contribution < 1.29 is 23.5 Å². The molecule has 0 aliphatic carbocycles. The van der Waals surface area contributed by atoms with Gasteiger partial charge in [0, 0.05) is 18.0 Å². The van der Waals surface area contributed by atoms with Crippen LogP contribution in [0.5, 0.6) is 0 Å². The van der Waals surface area contributed by atoms with Gasteiger partial charge in [-0.3, -0.25) is 0 Å². The molecule has 1 aliphatic heterocycles. The lowest BCUT2D eigenvalue weighted by atomic mass is 10.1. The van der Waals surface area contributed by atoms with E-state index < -0.39 is 29.7 Å². The first-order valence-corrected chi connectivity index (χ1v) is 8.09. The van der Waals surface area contributed by atoms with Gasteiger partial charge in [-0.1, -0.05) is 12.1 Å². The van der Waals surface area contributed by atoms with Crippen LogP contribution in [-0.4, -0.2) is 37.7 Å². The number of anilines is 1. The minimum Gasteiger partial charge on any atom is -0.466 e. The molecule has 0 N–H and O–H groups in total. The third-order valence-corrected chi connectivity index (χ3v) is 4.29. The van der Waals surface area contributed by atoms with Crippen LogP contribution >= 0.6 is 0 Å². The standard InChI is InChI=1S/C18H19NO6/c1-11(17(21)23-2)24-18(22)13-7-5-9-19(13)14-10-16(20)25-15-8-4-3-6-12(14)15/h3-4,6,8,10-11,13H,5,7,9H2,1-2H3/t11?,13-/m0/s1. The third kappa shape index (κ3) is 3.35. The molecule has 1 aliphatic rings. The molecule has 25 heavy (non-hydrogen) atoms. The summed E-state index contributed by atoms with van der Waals surface area (Å²) in [6.07, 6.45) is 0.389. The van der Waals surface area contributed by atoms with E-state index in [1.807, 2.05) is 17.0 Å². The summed E-state index contributed by atoms with van der Waals surface area (Å²) in [5.41, 5.74) is 0.625. The van der Waals surface area contributed by atoms with Crippen molar-refractivity contribution in [1.82, 2.24) is 0 Å². The molecule has 0 radical (unpaired) electrons. The molecule has 2 aromatic rings. The van der Waals surface area contributed by atoms with E-state index in [1.165, 1.54) is 20.1 Å². The van der Waals surface area contributed by atoms with E-state index in [0.29, 0.717) is 24.2 Å². The molecule has 1 aromatic carbocycles. The molecule has 0 bridgehead atoms. The molecule has 0 amide bonds. The van der Waals surface area contributed by atoms with Gasteiger partial charge in [-0.05, 0) is 31.9 Å². The summed E-state index contributed by atoms with van der Waals surface area (Å²) in [5, 5.41) is 0.753. The number of rotatable bonds is 4. The van der Waals surface area contributed by atoms with Gasteiger partial charge < -0.3 is 18.8 Å². The van der Waals surface area contributed by atoms with Crippen molar-refractivity contribution in [1.29, 1.82) is 0 Å². The van der Waals surface area contributed by atoms with Crippen LogP contribution in [0.2, 0.25) is 0 Å². The molecular formula is C18H19NO6. The summed E-state index contributed by atoms with van der Waals surface area (Å²) < 4.78 is 15.0. The summed E-state index contributed by atoms with van der Waals surface area (Å²) >= 11 is 0. The fourth-order valence-electron chi connectivity index (χ4n) is 3.10. The predicted molar refractivity (Wildman–Crippen MR) is 90.4 cm³/mol. The number of ether oxygens (including phenoxy) is 2. The Morgan fingerprint density at radius 2 is 2.08 bits per heavy atom. The number of esters is 2. The van der Waals surface area contributed by atoms with Crippen LogP contribution in [0.1, 0.15) is 19.8 Å². The van der Waals surface area contributed by atoms with Crippen LogP contribution < -0.4 is 10.5 Å². The highest BCUT2D eigenvalue weighted by Gasteiger charge is 2.35. The molecule has 0 spiro atoms. The maximum Gasteiger partial charge on any atom is 0.346 e. The third-order valence-electron chi connectivity index (χ3n) is 4.29. The largest absolute Gasteiger partial charge is 0.466 e. The average Bonchev–Trinajstić information content (AvgIpc) is 3.09. The van der Waals surface area contributed by atoms with Crippen LogP contribution in [0.4, 0.5) is 5.69 Å². The summed E-state index contributed by atoms with van der Waals surface area (Å²) in [6, 6.07) is 8.00. The number of hydrogen-bond acceptors (Lipinski definition) is 7. The number of para-hydroxylation sites is 1. The van der Waals surface area contributed by atoms with Crippen molar-refractivity contribution in [3.8, 4) is 0 Å². The van der Waals surface area contributed by atoms with Gasteiger partial charge in [-0.15, -0.1) is 0 Å². The molecule has 1 fully saturated rings. The normalized spacial score (nSPS) is 18.2. The maximum absolute atomic E-state index is 12.5. The summed E-state index contributed by atoms with van der Waals surface area (Å²) in [5.74, 6) is -1.11. The van der Waals surface area contributed by atoms with Crippen LogP contribution in [0, 0.1) is 0 Å². The Labute approximate surface area is 144 Å². The van der Waals surface area contributed by atoms with E-state index in [4.69, 9.17) is 9.15 Å². The summed E-state index contributed by atoms with van der Waals surface area (Å²) in [6.45, 7) is 2.08. The lowest BCUT2D eigenvalue weighted by Gasteiger charge is -2.26. The van der Waals surface area contributed by atoms with E-state index in [0.717, 1.165) is 11.8 Å². The van der Waals surface area contributed by atoms with Gasteiger partial charge in [-0.2, -0.15) is 0 Å². The van der Waals surface area contributed by atoms with Crippen LogP contribution in [0.25, 0.3) is 11.0 Å². The average molecular weight is 345 g/mol. The Morgan fingerprint density at radius 1 is 1.32 bits per heavy atom. The molecule has 7 nitrogen and oxygen atoms in total. The molecule has 132 valence electrons. The molecule has 1 unspecified atom stereocenters. The fraction of sp³-hybridized carbons (Fsp3) is 0.389. The van der Waals surface area contributed by atoms with E-state index in [-0.39, 0.29) is 0 Å². The van der Waals surface area contributed by atoms with Crippen molar-refractivity contribution in [2.75, 3.05) is 18.6 Å². The number of hydrogen-bond donors (Lipinski definition) is 0. The Morgan fingerprint density at radius 3 is 2.84 bits per heavy atom. The monoisotopic (exact) mass is 345 g/mol. The SMILES string of the molecule is COC(=O)C(C)OC(=O)[C@@H]1CCCN1c1cc(=O)oc2ccccc12. The van der Waals surface area contributed by atoms with Gasteiger partial charge in [0.2, 0.25) is 0 Å². The van der Waals surface area contributed by atoms with Gasteiger partial charge in [0.1, 0.15) is 11.6 Å². The van der Waals surface area contributed by atoms with Crippen molar-refractivity contribution in [3.63, 3.8) is 0 Å². The van der Waals surface area contributed by atoms with Crippen molar-refractivity contribution in [2.45, 2.75) is 31.9 Å². The molecule has 2 atom stereocenters. The smallest absolute Gasteiger partial charge is 0.346 e. The Balaban J connectivity index is 1.91. The van der Waals surface area contributed by atoms with E-state index >= 15 is 0 Å². The van der Waals surface area contributed by atoms with Gasteiger partial charge in [0.05, 0.1) is 12.8 Å². The second-order valence-corrected chi connectivity index (χ2v) is 5.90. The second-order valence-electron chi connectivity index (χ2n) is 5.90. The molecular weight excluding hydrogens is 326 g/mol. The second kappa shape index (κ2) is 6.96.